The molecular weight excluding hydrogens is 322 g/mol. The number of nitriles is 1. The minimum atomic E-state index is -0.128. The van der Waals surface area contributed by atoms with Crippen LogP contribution >= 0.6 is 11.3 Å². The van der Waals surface area contributed by atoms with Crippen molar-refractivity contribution >= 4 is 27.4 Å². The van der Waals surface area contributed by atoms with Gasteiger partial charge in [0.2, 0.25) is 5.91 Å². The van der Waals surface area contributed by atoms with Gasteiger partial charge in [-0.15, -0.1) is 0 Å². The molecule has 0 aliphatic carbocycles. The van der Waals surface area contributed by atoms with Crippen LogP contribution in [0.5, 0.6) is 0 Å². The SMILES string of the molecule is CC.CC1CC(C(=O)Nc2ncc(N3CCCCC3)s2)CN1C#N. The number of carbonyl (C=O) groups is 1. The fourth-order valence-electron chi connectivity index (χ4n) is 3.15. The molecule has 0 radical (unpaired) electrons. The number of rotatable bonds is 3. The van der Waals surface area contributed by atoms with Crippen LogP contribution in [-0.4, -0.2) is 41.5 Å². The van der Waals surface area contributed by atoms with Crippen LogP contribution in [0.25, 0.3) is 0 Å². The summed E-state index contributed by atoms with van der Waals surface area (Å²) in [6, 6.07) is 0.140. The number of hydrogen-bond donors (Lipinski definition) is 1. The Bertz CT molecular complexity index is 576. The van der Waals surface area contributed by atoms with Gasteiger partial charge in [0.25, 0.3) is 0 Å². The van der Waals surface area contributed by atoms with Crippen LogP contribution in [0.1, 0.15) is 46.5 Å². The standard InChI is InChI=1S/C15H21N5OS.C2H6/c1-11-7-12(9-20(11)10-16)14(21)18-15-17-8-13(22-15)19-5-3-2-4-6-19;1-2/h8,11-12H,2-7,9H2,1H3,(H,17,18,21);1-2H3. The summed E-state index contributed by atoms with van der Waals surface area (Å²) in [6.45, 7) is 8.64. The van der Waals surface area contributed by atoms with Gasteiger partial charge in [0.1, 0.15) is 5.00 Å². The van der Waals surface area contributed by atoms with E-state index in [1.807, 2.05) is 27.0 Å². The number of carbonyl (C=O) groups excluding carboxylic acids is 1. The predicted molar refractivity (Wildman–Crippen MR) is 98.0 cm³/mol. The van der Waals surface area contributed by atoms with Crippen molar-refractivity contribution < 1.29 is 4.79 Å². The van der Waals surface area contributed by atoms with Gasteiger partial charge in [-0.25, -0.2) is 4.98 Å². The van der Waals surface area contributed by atoms with Crippen LogP contribution in [0, 0.1) is 17.4 Å². The summed E-state index contributed by atoms with van der Waals surface area (Å²) in [4.78, 5) is 20.7. The largest absolute Gasteiger partial charge is 0.362 e. The molecule has 1 amide bonds. The van der Waals surface area contributed by atoms with E-state index in [9.17, 15) is 4.79 Å². The maximum absolute atomic E-state index is 12.3. The molecule has 2 aliphatic rings. The van der Waals surface area contributed by atoms with Crippen LogP contribution < -0.4 is 10.2 Å². The third-order valence-electron chi connectivity index (χ3n) is 4.47. The minimum Gasteiger partial charge on any atom is -0.362 e. The lowest BCUT2D eigenvalue weighted by Gasteiger charge is -2.26. The van der Waals surface area contributed by atoms with Crippen LogP contribution in [0.4, 0.5) is 10.1 Å². The molecule has 2 aliphatic heterocycles. The van der Waals surface area contributed by atoms with Crippen molar-refractivity contribution in [1.29, 1.82) is 5.26 Å². The quantitative estimate of drug-likeness (QED) is 0.848. The second-order valence-corrected chi connectivity index (χ2v) is 7.08. The average Bonchev–Trinajstić information content (AvgIpc) is 3.24. The van der Waals surface area contributed by atoms with Crippen molar-refractivity contribution in [3.8, 4) is 6.19 Å². The van der Waals surface area contributed by atoms with Crippen molar-refractivity contribution in [3.63, 3.8) is 0 Å². The van der Waals surface area contributed by atoms with E-state index in [4.69, 9.17) is 5.26 Å². The number of piperidine rings is 1. The summed E-state index contributed by atoms with van der Waals surface area (Å²) >= 11 is 1.54. The molecule has 2 saturated heterocycles. The van der Waals surface area contributed by atoms with Crippen LogP contribution in [0.2, 0.25) is 0 Å². The van der Waals surface area contributed by atoms with E-state index in [-0.39, 0.29) is 17.9 Å². The number of hydrogen-bond acceptors (Lipinski definition) is 6. The number of amides is 1. The molecule has 3 rings (SSSR count). The van der Waals surface area contributed by atoms with E-state index < -0.39 is 0 Å². The van der Waals surface area contributed by atoms with Gasteiger partial charge < -0.3 is 15.1 Å². The monoisotopic (exact) mass is 349 g/mol. The molecule has 2 unspecified atom stereocenters. The molecule has 132 valence electrons. The lowest BCUT2D eigenvalue weighted by molar-refractivity contribution is -0.119. The van der Waals surface area contributed by atoms with Crippen molar-refractivity contribution in [2.45, 2.75) is 52.5 Å². The van der Waals surface area contributed by atoms with Gasteiger partial charge in [0.05, 0.1) is 12.1 Å². The summed E-state index contributed by atoms with van der Waals surface area (Å²) < 4.78 is 0. The number of nitrogens with one attached hydrogen (secondary N) is 1. The Hall–Kier alpha value is -1.81. The second kappa shape index (κ2) is 8.88. The third kappa shape index (κ3) is 4.38. The van der Waals surface area contributed by atoms with E-state index in [0.717, 1.165) is 24.5 Å². The first kappa shape index (κ1) is 18.5. The molecule has 0 saturated carbocycles. The summed E-state index contributed by atoms with van der Waals surface area (Å²) in [6.07, 6.45) is 8.47. The Kier molecular flexibility index (Phi) is 6.85. The molecule has 2 atom stereocenters. The highest BCUT2D eigenvalue weighted by Crippen LogP contribution is 2.30. The van der Waals surface area contributed by atoms with E-state index in [1.54, 1.807) is 4.90 Å². The third-order valence-corrected chi connectivity index (χ3v) is 5.44. The molecule has 2 fully saturated rings. The molecule has 1 aromatic heterocycles. The minimum absolute atomic E-state index is 0.0239. The topological polar surface area (TPSA) is 72.3 Å². The maximum Gasteiger partial charge on any atom is 0.231 e. The Labute approximate surface area is 148 Å². The molecule has 7 heteroatoms. The molecule has 0 spiro atoms. The number of anilines is 2. The van der Waals surface area contributed by atoms with Gasteiger partial charge in [-0.05, 0) is 32.6 Å². The lowest BCUT2D eigenvalue weighted by Crippen LogP contribution is -2.28. The normalized spacial score (nSPS) is 23.2. The van der Waals surface area contributed by atoms with Gasteiger partial charge in [-0.3, -0.25) is 4.79 Å². The number of aromatic nitrogens is 1. The molecule has 24 heavy (non-hydrogen) atoms. The molecule has 0 aromatic carbocycles. The van der Waals surface area contributed by atoms with Crippen LogP contribution in [-0.2, 0) is 4.79 Å². The summed E-state index contributed by atoms with van der Waals surface area (Å²) in [5, 5.41) is 13.7. The van der Waals surface area contributed by atoms with Crippen molar-refractivity contribution in [1.82, 2.24) is 9.88 Å². The maximum atomic E-state index is 12.3. The molecule has 3 heterocycles. The zero-order valence-corrected chi connectivity index (χ0v) is 15.6. The highest BCUT2D eigenvalue weighted by atomic mass is 32.1. The number of likely N-dealkylation sites (tertiary alicyclic amines) is 1. The van der Waals surface area contributed by atoms with Crippen molar-refractivity contribution in [3.05, 3.63) is 6.20 Å². The highest BCUT2D eigenvalue weighted by molar-refractivity contribution is 7.19. The van der Waals surface area contributed by atoms with Crippen molar-refractivity contribution in [2.24, 2.45) is 5.92 Å². The number of nitrogens with zero attached hydrogens (tertiary/aromatic N) is 4. The predicted octanol–water partition coefficient (Wildman–Crippen LogP) is 3.29. The highest BCUT2D eigenvalue weighted by Gasteiger charge is 2.33. The van der Waals surface area contributed by atoms with E-state index in [1.165, 1.54) is 30.6 Å². The Morgan fingerprint density at radius 3 is 2.71 bits per heavy atom. The molecule has 1 aromatic rings. The van der Waals surface area contributed by atoms with Gasteiger partial charge >= 0.3 is 0 Å². The van der Waals surface area contributed by atoms with Crippen molar-refractivity contribution in [2.75, 3.05) is 29.9 Å². The first-order valence-electron chi connectivity index (χ1n) is 8.85. The lowest BCUT2D eigenvalue weighted by atomic mass is 10.1. The zero-order chi connectivity index (χ0) is 17.5. The Morgan fingerprint density at radius 1 is 1.38 bits per heavy atom. The van der Waals surface area contributed by atoms with Gasteiger partial charge in [-0.1, -0.05) is 25.2 Å². The van der Waals surface area contributed by atoms with Gasteiger partial charge in [-0.2, -0.15) is 5.26 Å². The first-order chi connectivity index (χ1) is 11.7. The fraction of sp³-hybridized carbons (Fsp3) is 0.706. The average molecular weight is 350 g/mol. The smallest absolute Gasteiger partial charge is 0.231 e. The zero-order valence-electron chi connectivity index (χ0n) is 14.8. The molecular formula is C17H27N5OS. The molecule has 1 N–H and O–H groups in total. The molecule has 6 nitrogen and oxygen atoms in total. The van der Waals surface area contributed by atoms with Gasteiger partial charge in [0.15, 0.2) is 11.3 Å². The fourth-order valence-corrected chi connectivity index (χ4v) is 4.02. The van der Waals surface area contributed by atoms with E-state index >= 15 is 0 Å². The number of thiazole rings is 1. The van der Waals surface area contributed by atoms with Crippen LogP contribution in [0.3, 0.4) is 0 Å². The molecule has 0 bridgehead atoms. The van der Waals surface area contributed by atoms with Crippen LogP contribution in [0.15, 0.2) is 6.20 Å². The summed E-state index contributed by atoms with van der Waals surface area (Å²) in [7, 11) is 0. The second-order valence-electron chi connectivity index (χ2n) is 6.07. The van der Waals surface area contributed by atoms with E-state index in [0.29, 0.717) is 11.7 Å². The van der Waals surface area contributed by atoms with E-state index in [2.05, 4.69) is 21.4 Å². The Balaban J connectivity index is 0.00000100. The summed E-state index contributed by atoms with van der Waals surface area (Å²) in [5.74, 6) is -0.152. The summed E-state index contributed by atoms with van der Waals surface area (Å²) in [5.41, 5.74) is 0. The first-order valence-corrected chi connectivity index (χ1v) is 9.67. The Morgan fingerprint density at radius 2 is 2.08 bits per heavy atom. The van der Waals surface area contributed by atoms with Gasteiger partial charge in [0, 0.05) is 25.7 Å².